The summed E-state index contributed by atoms with van der Waals surface area (Å²) in [5.41, 5.74) is 0.569. The summed E-state index contributed by atoms with van der Waals surface area (Å²) >= 11 is 1.43. The van der Waals surface area contributed by atoms with Crippen LogP contribution in [0.2, 0.25) is 0 Å². The maximum absolute atomic E-state index is 12.4. The van der Waals surface area contributed by atoms with E-state index in [0.29, 0.717) is 23.7 Å². The van der Waals surface area contributed by atoms with E-state index in [9.17, 15) is 9.59 Å². The maximum atomic E-state index is 12.4. The highest BCUT2D eigenvalue weighted by Gasteiger charge is 2.22. The minimum Gasteiger partial charge on any atom is -0.354 e. The van der Waals surface area contributed by atoms with Gasteiger partial charge in [-0.15, -0.1) is 11.8 Å². The molecule has 1 aliphatic rings. The monoisotopic (exact) mass is 265 g/mol. The van der Waals surface area contributed by atoms with Crippen molar-refractivity contribution in [1.82, 2.24) is 15.2 Å². The molecule has 0 radical (unpaired) electrons. The highest BCUT2D eigenvalue weighted by molar-refractivity contribution is 7.98. The molecule has 2 rings (SSSR count). The number of carbonyl (C=O) groups excluding carboxylic acids is 2. The highest BCUT2D eigenvalue weighted by Crippen LogP contribution is 2.18. The van der Waals surface area contributed by atoms with E-state index < -0.39 is 0 Å². The summed E-state index contributed by atoms with van der Waals surface area (Å²) in [7, 11) is 0. The van der Waals surface area contributed by atoms with Crippen LogP contribution in [-0.4, -0.2) is 47.6 Å². The first-order chi connectivity index (χ1) is 8.72. The third-order valence-corrected chi connectivity index (χ3v) is 3.46. The molecular formula is C12H15N3O2S. The molecule has 0 saturated carbocycles. The van der Waals surface area contributed by atoms with Crippen LogP contribution in [0, 0.1) is 0 Å². The standard InChI is InChI=1S/C12H15N3O2S/c1-18-11-9(4-2-5-14-11)12(17)15-7-3-6-13-10(16)8-15/h2,4-5H,3,6-8H2,1H3,(H,13,16). The van der Waals surface area contributed by atoms with Gasteiger partial charge < -0.3 is 10.2 Å². The zero-order valence-corrected chi connectivity index (χ0v) is 11.0. The molecule has 0 aliphatic carbocycles. The van der Waals surface area contributed by atoms with Crippen molar-refractivity contribution >= 4 is 23.6 Å². The van der Waals surface area contributed by atoms with Crippen molar-refractivity contribution in [2.75, 3.05) is 25.9 Å². The second-order valence-electron chi connectivity index (χ2n) is 3.99. The Kier molecular flexibility index (Phi) is 4.19. The molecule has 0 unspecified atom stereocenters. The molecule has 0 spiro atoms. The lowest BCUT2D eigenvalue weighted by atomic mass is 10.2. The van der Waals surface area contributed by atoms with Crippen molar-refractivity contribution in [3.05, 3.63) is 23.9 Å². The van der Waals surface area contributed by atoms with Gasteiger partial charge in [0.2, 0.25) is 5.91 Å². The quantitative estimate of drug-likeness (QED) is 0.802. The lowest BCUT2D eigenvalue weighted by molar-refractivity contribution is -0.121. The first-order valence-electron chi connectivity index (χ1n) is 5.77. The molecule has 1 aromatic rings. The fourth-order valence-electron chi connectivity index (χ4n) is 1.87. The number of hydrogen-bond acceptors (Lipinski definition) is 4. The Morgan fingerprint density at radius 3 is 3.17 bits per heavy atom. The van der Waals surface area contributed by atoms with Crippen LogP contribution in [0.25, 0.3) is 0 Å². The molecule has 0 atom stereocenters. The van der Waals surface area contributed by atoms with Gasteiger partial charge in [0, 0.05) is 19.3 Å². The summed E-state index contributed by atoms with van der Waals surface area (Å²) in [6.07, 6.45) is 4.33. The molecule has 5 nitrogen and oxygen atoms in total. The molecule has 1 aliphatic heterocycles. The van der Waals surface area contributed by atoms with E-state index in [-0.39, 0.29) is 18.4 Å². The number of nitrogens with one attached hydrogen (secondary N) is 1. The van der Waals surface area contributed by atoms with Gasteiger partial charge in [-0.25, -0.2) is 4.98 Å². The number of pyridine rings is 1. The summed E-state index contributed by atoms with van der Waals surface area (Å²) in [4.78, 5) is 29.6. The molecule has 1 N–H and O–H groups in total. The number of rotatable bonds is 2. The second kappa shape index (κ2) is 5.86. The van der Waals surface area contributed by atoms with Gasteiger partial charge in [0.05, 0.1) is 12.1 Å². The SMILES string of the molecule is CSc1ncccc1C(=O)N1CCCNC(=O)C1. The van der Waals surface area contributed by atoms with Gasteiger partial charge in [-0.1, -0.05) is 0 Å². The van der Waals surface area contributed by atoms with E-state index in [1.807, 2.05) is 6.26 Å². The molecule has 1 fully saturated rings. The Bertz CT molecular complexity index is 464. The van der Waals surface area contributed by atoms with Gasteiger partial charge in [0.25, 0.3) is 5.91 Å². The zero-order chi connectivity index (χ0) is 13.0. The van der Waals surface area contributed by atoms with E-state index in [1.165, 1.54) is 11.8 Å². The normalized spacial score (nSPS) is 16.1. The predicted octanol–water partition coefficient (Wildman–Crippen LogP) is 0.766. The molecule has 18 heavy (non-hydrogen) atoms. The number of thioether (sulfide) groups is 1. The van der Waals surface area contributed by atoms with E-state index in [4.69, 9.17) is 0 Å². The Hall–Kier alpha value is -1.56. The first-order valence-corrected chi connectivity index (χ1v) is 7.00. The molecule has 0 aromatic carbocycles. The average molecular weight is 265 g/mol. The van der Waals surface area contributed by atoms with E-state index in [1.54, 1.807) is 23.2 Å². The van der Waals surface area contributed by atoms with Crippen molar-refractivity contribution in [3.63, 3.8) is 0 Å². The molecule has 2 amide bonds. The van der Waals surface area contributed by atoms with Gasteiger partial charge in [-0.2, -0.15) is 0 Å². The zero-order valence-electron chi connectivity index (χ0n) is 10.2. The lowest BCUT2D eigenvalue weighted by Gasteiger charge is -2.19. The Balaban J connectivity index is 2.21. The third kappa shape index (κ3) is 2.81. The molecule has 2 heterocycles. The van der Waals surface area contributed by atoms with Crippen molar-refractivity contribution in [1.29, 1.82) is 0 Å². The number of aromatic nitrogens is 1. The van der Waals surface area contributed by atoms with Gasteiger partial charge in [-0.3, -0.25) is 9.59 Å². The summed E-state index contributed by atoms with van der Waals surface area (Å²) in [5.74, 6) is -0.222. The van der Waals surface area contributed by atoms with Crippen molar-refractivity contribution in [2.45, 2.75) is 11.4 Å². The highest BCUT2D eigenvalue weighted by atomic mass is 32.2. The molecule has 1 saturated heterocycles. The van der Waals surface area contributed by atoms with Crippen LogP contribution in [0.4, 0.5) is 0 Å². The average Bonchev–Trinajstić information content (AvgIpc) is 2.62. The summed E-state index contributed by atoms with van der Waals surface area (Å²) in [6, 6.07) is 3.49. The molecule has 6 heteroatoms. The summed E-state index contributed by atoms with van der Waals surface area (Å²) < 4.78 is 0. The fraction of sp³-hybridized carbons (Fsp3) is 0.417. The lowest BCUT2D eigenvalue weighted by Crippen LogP contribution is -2.37. The van der Waals surface area contributed by atoms with Crippen LogP contribution in [0.3, 0.4) is 0 Å². The van der Waals surface area contributed by atoms with Crippen LogP contribution < -0.4 is 5.32 Å². The van der Waals surface area contributed by atoms with Crippen LogP contribution in [-0.2, 0) is 4.79 Å². The number of carbonyl (C=O) groups is 2. The summed E-state index contributed by atoms with van der Waals surface area (Å²) in [6.45, 7) is 1.35. The Morgan fingerprint density at radius 2 is 2.39 bits per heavy atom. The second-order valence-corrected chi connectivity index (χ2v) is 4.79. The summed E-state index contributed by atoms with van der Waals surface area (Å²) in [5, 5.41) is 3.46. The number of amides is 2. The fourth-order valence-corrected chi connectivity index (χ4v) is 2.41. The number of hydrogen-bond donors (Lipinski definition) is 1. The van der Waals surface area contributed by atoms with Gasteiger partial charge >= 0.3 is 0 Å². The van der Waals surface area contributed by atoms with Gasteiger partial charge in [0.15, 0.2) is 0 Å². The van der Waals surface area contributed by atoms with E-state index in [0.717, 1.165) is 6.42 Å². The van der Waals surface area contributed by atoms with Gasteiger partial charge in [-0.05, 0) is 24.8 Å². The maximum Gasteiger partial charge on any atom is 0.257 e. The Labute approximate surface area is 110 Å². The molecular weight excluding hydrogens is 250 g/mol. The van der Waals surface area contributed by atoms with E-state index in [2.05, 4.69) is 10.3 Å². The molecule has 96 valence electrons. The van der Waals surface area contributed by atoms with Crippen LogP contribution in [0.1, 0.15) is 16.8 Å². The van der Waals surface area contributed by atoms with Crippen molar-refractivity contribution < 1.29 is 9.59 Å². The largest absolute Gasteiger partial charge is 0.354 e. The minimum absolute atomic E-state index is 0.101. The van der Waals surface area contributed by atoms with Gasteiger partial charge in [0.1, 0.15) is 5.03 Å². The molecule has 1 aromatic heterocycles. The Morgan fingerprint density at radius 1 is 1.56 bits per heavy atom. The number of nitrogens with zero attached hydrogens (tertiary/aromatic N) is 2. The molecule has 0 bridgehead atoms. The third-order valence-electron chi connectivity index (χ3n) is 2.74. The first kappa shape index (κ1) is 12.9. The minimum atomic E-state index is -0.121. The van der Waals surface area contributed by atoms with Crippen molar-refractivity contribution in [2.24, 2.45) is 0 Å². The van der Waals surface area contributed by atoms with Crippen LogP contribution in [0.5, 0.6) is 0 Å². The topological polar surface area (TPSA) is 62.3 Å². The smallest absolute Gasteiger partial charge is 0.257 e. The van der Waals surface area contributed by atoms with E-state index >= 15 is 0 Å². The van der Waals surface area contributed by atoms with Crippen LogP contribution in [0.15, 0.2) is 23.4 Å². The van der Waals surface area contributed by atoms with Crippen LogP contribution >= 0.6 is 11.8 Å². The predicted molar refractivity (Wildman–Crippen MR) is 69.5 cm³/mol. The van der Waals surface area contributed by atoms with Crippen molar-refractivity contribution in [3.8, 4) is 0 Å².